The Morgan fingerprint density at radius 1 is 1.14 bits per heavy atom. The monoisotopic (exact) mass is 462 g/mol. The summed E-state index contributed by atoms with van der Waals surface area (Å²) >= 11 is -0.505. The standard InChI is InChI=1S/C18H11F5N2O2Se/c1-9-7-10(27-18(21,22)23)5-6-11(9)14-8-24-17(28-14)25-16(26)15-12(19)3-2-4-13(15)20/h2-8H,1H3,(H,24,25,26). The van der Waals surface area contributed by atoms with Crippen LogP contribution in [0.25, 0.3) is 10.0 Å². The van der Waals surface area contributed by atoms with E-state index in [1.165, 1.54) is 24.4 Å². The van der Waals surface area contributed by atoms with Gasteiger partial charge in [-0.3, -0.25) is 0 Å². The Labute approximate surface area is 161 Å². The molecule has 10 heteroatoms. The molecule has 4 nitrogen and oxygen atoms in total. The number of carbonyl (C=O) groups excluding carboxylic acids is 1. The molecule has 146 valence electrons. The van der Waals surface area contributed by atoms with Gasteiger partial charge in [0.2, 0.25) is 0 Å². The minimum atomic E-state index is -4.78. The number of halogens is 5. The number of hydrogen-bond donors (Lipinski definition) is 1. The van der Waals surface area contributed by atoms with Crippen LogP contribution in [0.1, 0.15) is 15.9 Å². The Balaban J connectivity index is 1.80. The Hall–Kier alpha value is -2.71. The summed E-state index contributed by atoms with van der Waals surface area (Å²) in [6.07, 6.45) is -3.33. The average molecular weight is 461 g/mol. The van der Waals surface area contributed by atoms with E-state index in [9.17, 15) is 26.7 Å². The molecule has 0 saturated heterocycles. The third-order valence-electron chi connectivity index (χ3n) is 3.61. The fourth-order valence-corrected chi connectivity index (χ4v) is 4.33. The van der Waals surface area contributed by atoms with Crippen LogP contribution in [0.5, 0.6) is 5.75 Å². The molecule has 3 aromatic rings. The zero-order chi connectivity index (χ0) is 20.5. The van der Waals surface area contributed by atoms with Crippen LogP contribution in [0.3, 0.4) is 0 Å². The van der Waals surface area contributed by atoms with Gasteiger partial charge in [-0.2, -0.15) is 0 Å². The van der Waals surface area contributed by atoms with Crippen molar-refractivity contribution >= 4 is 25.1 Å². The number of ether oxygens (including phenoxy) is 1. The minimum absolute atomic E-state index is 0.227. The average Bonchev–Trinajstić information content (AvgIpc) is 3.01. The van der Waals surface area contributed by atoms with Crippen molar-refractivity contribution in [2.45, 2.75) is 13.3 Å². The summed E-state index contributed by atoms with van der Waals surface area (Å²) in [5.41, 5.74) is 0.455. The van der Waals surface area contributed by atoms with E-state index >= 15 is 0 Å². The third kappa shape index (κ3) is 4.58. The van der Waals surface area contributed by atoms with Crippen LogP contribution >= 0.6 is 0 Å². The number of anilines is 1. The van der Waals surface area contributed by atoms with Crippen LogP contribution in [-0.4, -0.2) is 31.8 Å². The molecular formula is C18H11F5N2O2Se. The van der Waals surface area contributed by atoms with Crippen molar-refractivity contribution in [3.05, 3.63) is 65.4 Å². The predicted octanol–water partition coefficient (Wildman–Crippen LogP) is 4.54. The normalized spacial score (nSPS) is 11.4. The maximum atomic E-state index is 13.7. The first-order valence-corrected chi connectivity index (χ1v) is 9.43. The summed E-state index contributed by atoms with van der Waals surface area (Å²) in [6, 6.07) is 6.96. The molecule has 0 spiro atoms. The molecule has 0 radical (unpaired) electrons. The molecule has 0 saturated carbocycles. The van der Waals surface area contributed by atoms with Gasteiger partial charge in [0.05, 0.1) is 0 Å². The zero-order valence-corrected chi connectivity index (χ0v) is 15.8. The first-order chi connectivity index (χ1) is 13.1. The Morgan fingerprint density at radius 3 is 2.43 bits per heavy atom. The van der Waals surface area contributed by atoms with E-state index in [2.05, 4.69) is 15.0 Å². The first kappa shape index (κ1) is 20.0. The molecule has 0 bridgehead atoms. The van der Waals surface area contributed by atoms with Crippen LogP contribution in [0.15, 0.2) is 42.6 Å². The van der Waals surface area contributed by atoms with Crippen LogP contribution in [0.4, 0.5) is 26.6 Å². The number of rotatable bonds is 4. The van der Waals surface area contributed by atoms with Crippen LogP contribution in [0, 0.1) is 18.6 Å². The number of aromatic nitrogens is 1. The molecule has 1 heterocycles. The number of aryl methyl sites for hydroxylation is 1. The van der Waals surface area contributed by atoms with Gasteiger partial charge < -0.3 is 0 Å². The van der Waals surface area contributed by atoms with Crippen molar-refractivity contribution in [2.75, 3.05) is 5.32 Å². The summed E-state index contributed by atoms with van der Waals surface area (Å²) in [5.74, 6) is -3.29. The van der Waals surface area contributed by atoms with E-state index in [4.69, 9.17) is 0 Å². The summed E-state index contributed by atoms with van der Waals surface area (Å²) in [5, 5.41) is 2.37. The summed E-state index contributed by atoms with van der Waals surface area (Å²) in [4.78, 5) is 16.2. The topological polar surface area (TPSA) is 51.2 Å². The van der Waals surface area contributed by atoms with Crippen molar-refractivity contribution in [3.8, 4) is 15.8 Å². The van der Waals surface area contributed by atoms with E-state index in [-0.39, 0.29) is 10.4 Å². The Kier molecular flexibility index (Phi) is 5.53. The number of carbonyl (C=O) groups is 1. The van der Waals surface area contributed by atoms with Gasteiger partial charge in [0.15, 0.2) is 0 Å². The molecular weight excluding hydrogens is 450 g/mol. The van der Waals surface area contributed by atoms with Gasteiger partial charge in [0.1, 0.15) is 0 Å². The van der Waals surface area contributed by atoms with Gasteiger partial charge in [-0.15, -0.1) is 0 Å². The van der Waals surface area contributed by atoms with Crippen molar-refractivity contribution in [1.82, 2.24) is 4.98 Å². The number of nitrogens with one attached hydrogen (secondary N) is 1. The fourth-order valence-electron chi connectivity index (χ4n) is 2.44. The molecule has 0 aliphatic heterocycles. The molecule has 1 aromatic heterocycles. The van der Waals surface area contributed by atoms with E-state index in [1.807, 2.05) is 0 Å². The molecule has 1 amide bonds. The number of benzene rings is 2. The van der Waals surface area contributed by atoms with E-state index < -0.39 is 44.0 Å². The first-order valence-electron chi connectivity index (χ1n) is 7.72. The molecule has 1 N–H and O–H groups in total. The quantitative estimate of drug-likeness (QED) is 0.459. The molecule has 0 atom stereocenters. The predicted molar refractivity (Wildman–Crippen MR) is 92.3 cm³/mol. The number of nitrogens with zero attached hydrogens (tertiary/aromatic N) is 1. The second kappa shape index (κ2) is 7.73. The molecule has 0 fully saturated rings. The van der Waals surface area contributed by atoms with Gasteiger partial charge in [-0.25, -0.2) is 0 Å². The maximum absolute atomic E-state index is 13.7. The number of hydrogen-bond acceptors (Lipinski definition) is 3. The molecule has 3 rings (SSSR count). The molecule has 0 unspecified atom stereocenters. The van der Waals surface area contributed by atoms with Crippen molar-refractivity contribution in [3.63, 3.8) is 0 Å². The second-order valence-corrected chi connectivity index (χ2v) is 7.77. The van der Waals surface area contributed by atoms with Gasteiger partial charge in [-0.05, 0) is 0 Å². The van der Waals surface area contributed by atoms with Crippen molar-refractivity contribution in [1.29, 1.82) is 0 Å². The van der Waals surface area contributed by atoms with Crippen LogP contribution < -0.4 is 10.1 Å². The van der Waals surface area contributed by atoms with Crippen molar-refractivity contribution < 1.29 is 31.5 Å². The molecule has 28 heavy (non-hydrogen) atoms. The van der Waals surface area contributed by atoms with Crippen LogP contribution in [0.2, 0.25) is 0 Å². The van der Waals surface area contributed by atoms with Gasteiger partial charge in [-0.1, -0.05) is 0 Å². The second-order valence-electron chi connectivity index (χ2n) is 5.60. The van der Waals surface area contributed by atoms with Gasteiger partial charge in [0, 0.05) is 0 Å². The van der Waals surface area contributed by atoms with E-state index in [0.29, 0.717) is 15.6 Å². The van der Waals surface area contributed by atoms with E-state index in [1.54, 1.807) is 6.92 Å². The van der Waals surface area contributed by atoms with Crippen LogP contribution in [-0.2, 0) is 0 Å². The van der Waals surface area contributed by atoms with E-state index in [0.717, 1.165) is 18.2 Å². The van der Waals surface area contributed by atoms with Crippen molar-refractivity contribution in [2.24, 2.45) is 0 Å². The number of amides is 1. The number of alkyl halides is 3. The Morgan fingerprint density at radius 2 is 1.82 bits per heavy atom. The van der Waals surface area contributed by atoms with Gasteiger partial charge in [0.25, 0.3) is 0 Å². The fraction of sp³-hybridized carbons (Fsp3) is 0.111. The summed E-state index contributed by atoms with van der Waals surface area (Å²) in [7, 11) is 0. The zero-order valence-electron chi connectivity index (χ0n) is 14.1. The van der Waals surface area contributed by atoms with Gasteiger partial charge >= 0.3 is 161 Å². The SMILES string of the molecule is Cc1cc(OC(F)(F)F)ccc1-c1cnc(NC(=O)c2c(F)cccc2F)[se]1. The summed E-state index contributed by atoms with van der Waals surface area (Å²) in [6.45, 7) is 1.61. The summed E-state index contributed by atoms with van der Waals surface area (Å²) < 4.78 is 69.1. The Bertz CT molecular complexity index is 1010. The molecule has 0 aliphatic rings. The molecule has 0 aliphatic carbocycles. The molecule has 2 aromatic carbocycles. The third-order valence-corrected chi connectivity index (χ3v) is 5.60.